The highest BCUT2D eigenvalue weighted by Crippen LogP contribution is 2.57. The van der Waals surface area contributed by atoms with Gasteiger partial charge in [0.25, 0.3) is 0 Å². The van der Waals surface area contributed by atoms with Gasteiger partial charge in [0.05, 0.1) is 0 Å². The Kier molecular flexibility index (Phi) is 4.49. The Morgan fingerprint density at radius 2 is 1.96 bits per heavy atom. The molecule has 0 amide bonds. The molecule has 24 heavy (non-hydrogen) atoms. The van der Waals surface area contributed by atoms with Gasteiger partial charge in [-0.05, 0) is 71.1 Å². The van der Waals surface area contributed by atoms with Crippen LogP contribution in [0.3, 0.4) is 0 Å². The second kappa shape index (κ2) is 6.05. The van der Waals surface area contributed by atoms with Gasteiger partial charge in [0.15, 0.2) is 0 Å². The van der Waals surface area contributed by atoms with Gasteiger partial charge in [0.2, 0.25) is 0 Å². The predicted octanol–water partition coefficient (Wildman–Crippen LogP) is 6.58. The smallest absolute Gasteiger partial charge is 0.409 e. The third kappa shape index (κ3) is 2.87. The molecule has 1 aromatic carbocycles. The Balaban J connectivity index is 2.14. The van der Waals surface area contributed by atoms with Gasteiger partial charge in [-0.1, -0.05) is 47.1 Å². The topological polar surface area (TPSA) is 26.3 Å². The first-order valence-electron chi connectivity index (χ1n) is 9.20. The summed E-state index contributed by atoms with van der Waals surface area (Å²) in [7, 11) is 0. The summed E-state index contributed by atoms with van der Waals surface area (Å²) < 4.78 is 5.38. The first-order chi connectivity index (χ1) is 11.1. The molecule has 0 bridgehead atoms. The summed E-state index contributed by atoms with van der Waals surface area (Å²) in [5, 5.41) is 0. The highest BCUT2D eigenvalue weighted by Gasteiger charge is 2.49. The number of ether oxygens (including phenoxy) is 1. The third-order valence-electron chi connectivity index (χ3n) is 6.60. The summed E-state index contributed by atoms with van der Waals surface area (Å²) >= 11 is 5.53. The fourth-order valence-corrected chi connectivity index (χ4v) is 5.54. The van der Waals surface area contributed by atoms with Gasteiger partial charge in [-0.15, -0.1) is 0 Å². The third-order valence-corrected chi connectivity index (χ3v) is 6.67. The Hall–Kier alpha value is -1.02. The molecule has 2 nitrogen and oxygen atoms in total. The lowest BCUT2D eigenvalue weighted by molar-refractivity contribution is 0.0405. The maximum Gasteiger partial charge on any atom is 0.409 e. The number of carbonyl (C=O) groups excluding carboxylic acids is 1. The minimum Gasteiger partial charge on any atom is -0.414 e. The Bertz CT molecular complexity index is 662. The zero-order valence-corrected chi connectivity index (χ0v) is 16.3. The van der Waals surface area contributed by atoms with Crippen molar-refractivity contribution in [3.05, 3.63) is 28.8 Å². The maximum absolute atomic E-state index is 11.4. The summed E-state index contributed by atoms with van der Waals surface area (Å²) in [6.45, 7) is 11.5. The van der Waals surface area contributed by atoms with Crippen molar-refractivity contribution in [2.75, 3.05) is 0 Å². The van der Waals surface area contributed by atoms with Crippen LogP contribution in [0.1, 0.15) is 82.9 Å². The Morgan fingerprint density at radius 1 is 1.25 bits per heavy atom. The molecule has 0 spiro atoms. The highest BCUT2D eigenvalue weighted by atomic mass is 35.5. The van der Waals surface area contributed by atoms with Crippen LogP contribution in [-0.2, 0) is 11.8 Å². The fourth-order valence-electron chi connectivity index (χ4n) is 5.46. The van der Waals surface area contributed by atoms with Gasteiger partial charge in [0, 0.05) is 11.6 Å². The van der Waals surface area contributed by atoms with Crippen molar-refractivity contribution in [2.45, 2.75) is 78.1 Å². The average molecular weight is 349 g/mol. The first kappa shape index (κ1) is 17.8. The standard InChI is InChI=1S/C21H29ClO2/c1-13(2)15-11-14-7-8-18-20(3,4)9-6-10-21(18,5)16(14)12-17(15)24-19(22)23/h11-13,18H,6-10H2,1-5H3/t18?,21-/m1/s1. The second-order valence-corrected chi connectivity index (χ2v) is 9.20. The molecule has 0 aliphatic heterocycles. The first-order valence-corrected chi connectivity index (χ1v) is 9.57. The molecule has 3 heteroatoms. The number of halogens is 1. The van der Waals surface area contributed by atoms with Gasteiger partial charge in [-0.3, -0.25) is 0 Å². The van der Waals surface area contributed by atoms with E-state index in [1.807, 2.05) is 0 Å². The summed E-state index contributed by atoms with van der Waals surface area (Å²) in [6.07, 6.45) is 6.14. The monoisotopic (exact) mass is 348 g/mol. The van der Waals surface area contributed by atoms with Crippen molar-refractivity contribution in [3.8, 4) is 5.75 Å². The van der Waals surface area contributed by atoms with E-state index < -0.39 is 5.43 Å². The molecule has 3 rings (SSSR count). The number of hydrogen-bond acceptors (Lipinski definition) is 2. The van der Waals surface area contributed by atoms with Crippen LogP contribution in [0.4, 0.5) is 4.79 Å². The maximum atomic E-state index is 11.4. The molecule has 2 atom stereocenters. The fraction of sp³-hybridized carbons (Fsp3) is 0.667. The van der Waals surface area contributed by atoms with E-state index in [1.165, 1.54) is 36.8 Å². The zero-order chi connectivity index (χ0) is 17.7. The molecule has 0 heterocycles. The minimum atomic E-state index is -0.752. The molecular weight excluding hydrogens is 320 g/mol. The van der Waals surface area contributed by atoms with Crippen molar-refractivity contribution < 1.29 is 9.53 Å². The van der Waals surface area contributed by atoms with Crippen LogP contribution in [0.15, 0.2) is 12.1 Å². The lowest BCUT2D eigenvalue weighted by atomic mass is 9.50. The highest BCUT2D eigenvalue weighted by molar-refractivity contribution is 6.61. The molecule has 1 aromatic rings. The van der Waals surface area contributed by atoms with E-state index in [1.54, 1.807) is 0 Å². The number of aryl methyl sites for hydroxylation is 1. The number of rotatable bonds is 2. The lowest BCUT2D eigenvalue weighted by Crippen LogP contribution is -2.47. The van der Waals surface area contributed by atoms with E-state index in [-0.39, 0.29) is 5.41 Å². The SMILES string of the molecule is CC(C)c1cc2c(cc1OC(=O)Cl)[C@@]1(C)CCCC(C)(C)C1CC2. The summed E-state index contributed by atoms with van der Waals surface area (Å²) in [5.41, 5.74) is 3.68. The molecule has 2 aliphatic rings. The Morgan fingerprint density at radius 3 is 2.58 bits per heavy atom. The van der Waals surface area contributed by atoms with Gasteiger partial charge >= 0.3 is 5.43 Å². The number of carbonyl (C=O) groups is 1. The number of benzene rings is 1. The Labute approximate surface area is 150 Å². The van der Waals surface area contributed by atoms with E-state index in [0.717, 1.165) is 12.0 Å². The van der Waals surface area contributed by atoms with Crippen molar-refractivity contribution in [1.29, 1.82) is 0 Å². The summed E-state index contributed by atoms with van der Waals surface area (Å²) in [6, 6.07) is 4.39. The average Bonchev–Trinajstić information content (AvgIpc) is 2.45. The predicted molar refractivity (Wildman–Crippen MR) is 99.2 cm³/mol. The number of fused-ring (bicyclic) bond motifs is 3. The van der Waals surface area contributed by atoms with Crippen LogP contribution in [0.25, 0.3) is 0 Å². The second-order valence-electron chi connectivity index (χ2n) is 8.89. The van der Waals surface area contributed by atoms with E-state index in [0.29, 0.717) is 23.0 Å². The van der Waals surface area contributed by atoms with Gasteiger partial charge in [-0.25, -0.2) is 4.79 Å². The molecule has 0 radical (unpaired) electrons. The van der Waals surface area contributed by atoms with Gasteiger partial charge in [0.1, 0.15) is 5.75 Å². The quantitative estimate of drug-likeness (QED) is 0.564. The molecule has 0 aromatic heterocycles. The largest absolute Gasteiger partial charge is 0.414 e. The van der Waals surface area contributed by atoms with E-state index in [2.05, 4.69) is 46.8 Å². The molecule has 0 saturated heterocycles. The normalized spacial score (nSPS) is 28.2. The molecule has 1 saturated carbocycles. The minimum absolute atomic E-state index is 0.165. The summed E-state index contributed by atoms with van der Waals surface area (Å²) in [4.78, 5) is 11.4. The van der Waals surface area contributed by atoms with Crippen LogP contribution in [0.2, 0.25) is 0 Å². The van der Waals surface area contributed by atoms with Crippen LogP contribution in [-0.4, -0.2) is 5.43 Å². The van der Waals surface area contributed by atoms with E-state index in [9.17, 15) is 4.79 Å². The molecule has 0 N–H and O–H groups in total. The molecule has 2 aliphatic carbocycles. The lowest BCUT2D eigenvalue weighted by Gasteiger charge is -2.54. The van der Waals surface area contributed by atoms with Crippen molar-refractivity contribution in [3.63, 3.8) is 0 Å². The molecular formula is C21H29ClO2. The van der Waals surface area contributed by atoms with E-state index in [4.69, 9.17) is 16.3 Å². The summed E-state index contributed by atoms with van der Waals surface area (Å²) in [5.74, 6) is 1.62. The molecule has 132 valence electrons. The van der Waals surface area contributed by atoms with Gasteiger partial charge < -0.3 is 4.74 Å². The molecule has 1 unspecified atom stereocenters. The van der Waals surface area contributed by atoms with Crippen LogP contribution >= 0.6 is 11.6 Å². The van der Waals surface area contributed by atoms with Gasteiger partial charge in [-0.2, -0.15) is 0 Å². The molecule has 1 fully saturated rings. The van der Waals surface area contributed by atoms with Crippen LogP contribution < -0.4 is 4.74 Å². The van der Waals surface area contributed by atoms with Crippen LogP contribution in [0, 0.1) is 11.3 Å². The number of hydrogen-bond donors (Lipinski definition) is 0. The van der Waals surface area contributed by atoms with Crippen LogP contribution in [0.5, 0.6) is 5.75 Å². The van der Waals surface area contributed by atoms with Crippen molar-refractivity contribution >= 4 is 17.0 Å². The van der Waals surface area contributed by atoms with E-state index >= 15 is 0 Å². The van der Waals surface area contributed by atoms with Crippen molar-refractivity contribution in [2.24, 2.45) is 11.3 Å². The van der Waals surface area contributed by atoms with Crippen molar-refractivity contribution in [1.82, 2.24) is 0 Å². The zero-order valence-electron chi connectivity index (χ0n) is 15.5.